The van der Waals surface area contributed by atoms with Gasteiger partial charge in [0.15, 0.2) is 0 Å². The van der Waals surface area contributed by atoms with Gasteiger partial charge in [-0.05, 0) is 22.4 Å². The van der Waals surface area contributed by atoms with E-state index in [9.17, 15) is 0 Å². The number of rotatable bonds is 3. The van der Waals surface area contributed by atoms with Gasteiger partial charge < -0.3 is 4.52 Å². The number of hydrogen-bond acceptors (Lipinski definition) is 3. The molecule has 5 nitrogen and oxygen atoms in total. The van der Waals surface area contributed by atoms with Gasteiger partial charge in [0, 0.05) is 16.5 Å². The van der Waals surface area contributed by atoms with Crippen molar-refractivity contribution in [2.45, 2.75) is 6.54 Å². The molecule has 0 aliphatic heterocycles. The highest BCUT2D eigenvalue weighted by Gasteiger charge is 2.06. The van der Waals surface area contributed by atoms with Crippen molar-refractivity contribution in [3.63, 3.8) is 0 Å². The van der Waals surface area contributed by atoms with E-state index in [4.69, 9.17) is 10.1 Å². The van der Waals surface area contributed by atoms with E-state index >= 15 is 0 Å². The average Bonchev–Trinajstić information content (AvgIpc) is 2.93. The van der Waals surface area contributed by atoms with E-state index in [1.54, 1.807) is 6.07 Å². The Morgan fingerprint density at radius 1 is 1.11 bits per heavy atom. The minimum Gasteiger partial charge on any atom is -0.361 e. The molecule has 0 atom stereocenters. The van der Waals surface area contributed by atoms with Crippen LogP contribution in [0.3, 0.4) is 0 Å². The Hall–Kier alpha value is -2.78. The van der Waals surface area contributed by atoms with Crippen molar-refractivity contribution in [3.05, 3.63) is 64.7 Å². The molecule has 92 valence electrons. The van der Waals surface area contributed by atoms with E-state index in [1.165, 1.54) is 5.39 Å². The third-order valence-electron chi connectivity index (χ3n) is 2.89. The van der Waals surface area contributed by atoms with Gasteiger partial charge in [-0.3, -0.25) is 0 Å². The Kier molecular flexibility index (Phi) is 2.88. The second-order valence-corrected chi connectivity index (χ2v) is 4.13. The fourth-order valence-corrected chi connectivity index (χ4v) is 1.97. The van der Waals surface area contributed by atoms with Crippen LogP contribution in [0.25, 0.3) is 32.5 Å². The van der Waals surface area contributed by atoms with Crippen LogP contribution in [0.4, 0.5) is 0 Å². The van der Waals surface area contributed by atoms with E-state index in [0.717, 1.165) is 16.6 Å². The fourth-order valence-electron chi connectivity index (χ4n) is 1.97. The molecule has 0 unspecified atom stereocenters. The maximum atomic E-state index is 8.27. The first-order chi connectivity index (χ1) is 9.36. The second kappa shape index (κ2) is 4.84. The normalized spacial score (nSPS) is 10.3. The van der Waals surface area contributed by atoms with Crippen LogP contribution < -0.4 is 0 Å². The van der Waals surface area contributed by atoms with Crippen molar-refractivity contribution in [2.75, 3.05) is 0 Å². The average molecular weight is 250 g/mol. The lowest BCUT2D eigenvalue weighted by atomic mass is 10.1. The van der Waals surface area contributed by atoms with Gasteiger partial charge in [-0.2, -0.15) is 0 Å². The third-order valence-corrected chi connectivity index (χ3v) is 2.89. The summed E-state index contributed by atoms with van der Waals surface area (Å²) in [6, 6.07) is 16.0. The first kappa shape index (κ1) is 11.3. The minimum absolute atomic E-state index is 0.178. The zero-order valence-corrected chi connectivity index (χ0v) is 10.0. The van der Waals surface area contributed by atoms with Gasteiger partial charge in [0.05, 0.1) is 6.54 Å². The molecule has 0 spiro atoms. The van der Waals surface area contributed by atoms with Gasteiger partial charge in [0.25, 0.3) is 0 Å². The first-order valence-corrected chi connectivity index (χ1v) is 5.82. The minimum atomic E-state index is 0.178. The van der Waals surface area contributed by atoms with Crippen molar-refractivity contribution < 1.29 is 4.52 Å². The van der Waals surface area contributed by atoms with Gasteiger partial charge in [0.1, 0.15) is 11.5 Å². The molecule has 0 saturated heterocycles. The van der Waals surface area contributed by atoms with Crippen LogP contribution in [0.2, 0.25) is 0 Å². The van der Waals surface area contributed by atoms with E-state index in [-0.39, 0.29) is 6.54 Å². The Bertz CT molecular complexity index is 772. The molecule has 1 aromatic heterocycles. The number of benzene rings is 2. The van der Waals surface area contributed by atoms with Gasteiger partial charge in [-0.1, -0.05) is 46.7 Å². The van der Waals surface area contributed by atoms with Crippen molar-refractivity contribution >= 4 is 10.8 Å². The number of nitrogens with zero attached hydrogens (tertiary/aromatic N) is 4. The number of azide groups is 1. The number of hydrogen-bond donors (Lipinski definition) is 0. The quantitative estimate of drug-likeness (QED) is 0.394. The van der Waals surface area contributed by atoms with Crippen LogP contribution in [0.5, 0.6) is 0 Å². The fraction of sp³-hybridized carbons (Fsp3) is 0.0714. The largest absolute Gasteiger partial charge is 0.361 e. The Balaban J connectivity index is 1.99. The van der Waals surface area contributed by atoms with Crippen LogP contribution >= 0.6 is 0 Å². The summed E-state index contributed by atoms with van der Waals surface area (Å²) in [4.78, 5) is 2.69. The maximum Gasteiger partial charge on any atom is 0.143 e. The zero-order valence-electron chi connectivity index (χ0n) is 10.0. The molecule has 3 aromatic rings. The van der Waals surface area contributed by atoms with Crippen molar-refractivity contribution in [3.8, 4) is 11.3 Å². The van der Waals surface area contributed by atoms with E-state index < -0.39 is 0 Å². The smallest absolute Gasteiger partial charge is 0.143 e. The Morgan fingerprint density at radius 2 is 1.95 bits per heavy atom. The molecule has 0 aliphatic rings. The molecule has 3 rings (SSSR count). The summed E-state index contributed by atoms with van der Waals surface area (Å²) in [5.74, 6) is 0.556. The van der Waals surface area contributed by atoms with Gasteiger partial charge in [-0.15, -0.1) is 0 Å². The molecule has 1 heterocycles. The summed E-state index contributed by atoms with van der Waals surface area (Å²) >= 11 is 0. The topological polar surface area (TPSA) is 74.8 Å². The standard InChI is InChI=1S/C14H10N4O/c15-18-16-9-13-8-14(17-19-13)12-6-5-10-3-1-2-4-11(10)7-12/h1-8H,9H2. The molecule has 0 bridgehead atoms. The summed E-state index contributed by atoms with van der Waals surface area (Å²) in [6.07, 6.45) is 0. The molecule has 19 heavy (non-hydrogen) atoms. The second-order valence-electron chi connectivity index (χ2n) is 4.13. The molecule has 5 heteroatoms. The molecule has 0 aliphatic carbocycles. The molecular weight excluding hydrogens is 240 g/mol. The predicted octanol–water partition coefficient (Wildman–Crippen LogP) is 4.31. The van der Waals surface area contributed by atoms with Crippen LogP contribution in [-0.4, -0.2) is 5.16 Å². The molecule has 0 amide bonds. The van der Waals surface area contributed by atoms with Crippen molar-refractivity contribution in [1.82, 2.24) is 5.16 Å². The summed E-state index contributed by atoms with van der Waals surface area (Å²) in [5, 5.41) is 9.77. The monoisotopic (exact) mass is 250 g/mol. The van der Waals surface area contributed by atoms with E-state index in [1.807, 2.05) is 24.3 Å². The number of fused-ring (bicyclic) bond motifs is 1. The lowest BCUT2D eigenvalue weighted by Gasteiger charge is -1.99. The van der Waals surface area contributed by atoms with Crippen molar-refractivity contribution in [2.24, 2.45) is 5.11 Å². The van der Waals surface area contributed by atoms with Gasteiger partial charge in [-0.25, -0.2) is 0 Å². The SMILES string of the molecule is [N-]=[N+]=NCc1cc(-c2ccc3ccccc3c2)no1. The summed E-state index contributed by atoms with van der Waals surface area (Å²) in [6.45, 7) is 0.178. The van der Waals surface area contributed by atoms with E-state index in [2.05, 4.69) is 33.4 Å². The molecule has 0 saturated carbocycles. The highest BCUT2D eigenvalue weighted by atomic mass is 16.5. The van der Waals surface area contributed by atoms with Crippen LogP contribution in [0.15, 0.2) is 58.2 Å². The summed E-state index contributed by atoms with van der Waals surface area (Å²) in [5.41, 5.74) is 9.99. The summed E-state index contributed by atoms with van der Waals surface area (Å²) < 4.78 is 5.12. The molecule has 0 fully saturated rings. The highest BCUT2D eigenvalue weighted by molar-refractivity contribution is 5.86. The van der Waals surface area contributed by atoms with Gasteiger partial charge in [0.2, 0.25) is 0 Å². The summed E-state index contributed by atoms with van der Waals surface area (Å²) in [7, 11) is 0. The van der Waals surface area contributed by atoms with Gasteiger partial charge >= 0.3 is 0 Å². The zero-order chi connectivity index (χ0) is 13.1. The first-order valence-electron chi connectivity index (χ1n) is 5.82. The van der Waals surface area contributed by atoms with Crippen LogP contribution in [0, 0.1) is 0 Å². The highest BCUT2D eigenvalue weighted by Crippen LogP contribution is 2.24. The molecule has 2 aromatic carbocycles. The molecule has 0 radical (unpaired) electrons. The molecular formula is C14H10N4O. The molecule has 0 N–H and O–H groups in total. The Labute approximate surface area is 109 Å². The third kappa shape index (κ3) is 2.27. The lowest BCUT2D eigenvalue weighted by molar-refractivity contribution is 0.387. The Morgan fingerprint density at radius 3 is 2.79 bits per heavy atom. The van der Waals surface area contributed by atoms with Crippen LogP contribution in [-0.2, 0) is 6.54 Å². The lowest BCUT2D eigenvalue weighted by Crippen LogP contribution is -1.78. The van der Waals surface area contributed by atoms with Crippen molar-refractivity contribution in [1.29, 1.82) is 0 Å². The van der Waals surface area contributed by atoms with E-state index in [0.29, 0.717) is 5.76 Å². The number of aromatic nitrogens is 1. The maximum absolute atomic E-state index is 8.27. The predicted molar refractivity (Wildman–Crippen MR) is 72.3 cm³/mol. The van der Waals surface area contributed by atoms with Crippen LogP contribution in [0.1, 0.15) is 5.76 Å².